The first-order valence-electron chi connectivity index (χ1n) is 6.38. The second-order valence-electron chi connectivity index (χ2n) is 4.50. The van der Waals surface area contributed by atoms with Crippen molar-refractivity contribution in [3.8, 4) is 10.6 Å². The van der Waals surface area contributed by atoms with Gasteiger partial charge in [0, 0.05) is 11.8 Å². The van der Waals surface area contributed by atoms with Crippen LogP contribution in [-0.4, -0.2) is 20.8 Å². The largest absolute Gasteiger partial charge is 0.416 e. The Morgan fingerprint density at radius 2 is 1.96 bits per heavy atom. The maximum absolute atomic E-state index is 12.5. The van der Waals surface area contributed by atoms with Crippen molar-refractivity contribution in [3.63, 3.8) is 0 Å². The van der Waals surface area contributed by atoms with Gasteiger partial charge in [-0.05, 0) is 18.2 Å². The minimum absolute atomic E-state index is 0.329. The van der Waals surface area contributed by atoms with Crippen LogP contribution in [0.25, 0.3) is 10.6 Å². The minimum Gasteiger partial charge on any atom is -0.266 e. The monoisotopic (exact) mass is 338 g/mol. The Morgan fingerprint density at radius 1 is 1.22 bits per heavy atom. The van der Waals surface area contributed by atoms with Gasteiger partial charge in [-0.3, -0.25) is 4.79 Å². The number of nitrogens with one attached hydrogen (secondary N) is 1. The zero-order valence-corrected chi connectivity index (χ0v) is 12.2. The summed E-state index contributed by atoms with van der Waals surface area (Å²) in [4.78, 5) is 17.6. The van der Waals surface area contributed by atoms with E-state index in [4.69, 9.17) is 0 Å². The zero-order chi connectivity index (χ0) is 16.4. The molecular weight excluding hydrogens is 329 g/mol. The van der Waals surface area contributed by atoms with Crippen LogP contribution in [0.2, 0.25) is 0 Å². The number of aromatic nitrogens is 3. The molecule has 0 fully saturated rings. The Hall–Kier alpha value is -2.68. The van der Waals surface area contributed by atoms with E-state index in [2.05, 4.69) is 15.5 Å². The molecule has 0 aliphatic heterocycles. The Bertz CT molecular complexity index is 809. The Labute approximate surface area is 132 Å². The molecule has 23 heavy (non-hydrogen) atoms. The fourth-order valence-corrected chi connectivity index (χ4v) is 2.62. The lowest BCUT2D eigenvalue weighted by atomic mass is 10.1. The Kier molecular flexibility index (Phi) is 3.87. The van der Waals surface area contributed by atoms with Gasteiger partial charge in [-0.25, -0.2) is 10.4 Å². The SMILES string of the molecule is O=C(Nn1cccn1)c1cnc(-c2ccc(C(F)(F)F)cc2)s1. The molecule has 2 aromatic heterocycles. The number of carbonyl (C=O) groups is 1. The van der Waals surface area contributed by atoms with E-state index in [0.717, 1.165) is 23.5 Å². The second-order valence-corrected chi connectivity index (χ2v) is 5.53. The summed E-state index contributed by atoms with van der Waals surface area (Å²) in [7, 11) is 0. The molecule has 0 unspecified atom stereocenters. The summed E-state index contributed by atoms with van der Waals surface area (Å²) in [6.07, 6.45) is 0.0724. The van der Waals surface area contributed by atoms with Gasteiger partial charge in [0.1, 0.15) is 9.88 Å². The molecule has 0 saturated carbocycles. The maximum atomic E-state index is 12.5. The topological polar surface area (TPSA) is 59.8 Å². The Balaban J connectivity index is 1.77. The van der Waals surface area contributed by atoms with E-state index in [1.54, 1.807) is 12.3 Å². The molecule has 0 saturated heterocycles. The molecule has 0 bridgehead atoms. The van der Waals surface area contributed by atoms with E-state index in [-0.39, 0.29) is 0 Å². The van der Waals surface area contributed by atoms with E-state index in [9.17, 15) is 18.0 Å². The smallest absolute Gasteiger partial charge is 0.266 e. The first-order chi connectivity index (χ1) is 10.9. The summed E-state index contributed by atoms with van der Waals surface area (Å²) in [5, 5.41) is 4.30. The molecule has 5 nitrogen and oxygen atoms in total. The van der Waals surface area contributed by atoms with Gasteiger partial charge in [-0.2, -0.15) is 23.1 Å². The number of nitrogens with zero attached hydrogens (tertiary/aromatic N) is 3. The van der Waals surface area contributed by atoms with E-state index < -0.39 is 17.6 Å². The van der Waals surface area contributed by atoms with E-state index in [1.165, 1.54) is 29.3 Å². The summed E-state index contributed by atoms with van der Waals surface area (Å²) < 4.78 is 37.6. The molecule has 1 amide bonds. The average molecular weight is 338 g/mol. The van der Waals surface area contributed by atoms with Gasteiger partial charge in [0.2, 0.25) is 0 Å². The van der Waals surface area contributed by atoms with Gasteiger partial charge in [-0.15, -0.1) is 11.3 Å². The van der Waals surface area contributed by atoms with Crippen LogP contribution >= 0.6 is 11.3 Å². The van der Waals surface area contributed by atoms with Crippen molar-refractivity contribution in [2.24, 2.45) is 0 Å². The highest BCUT2D eigenvalue weighted by Gasteiger charge is 2.30. The molecule has 1 N–H and O–H groups in total. The standard InChI is InChI=1S/C14H9F3N4OS/c15-14(16,17)10-4-2-9(3-5-10)13-18-8-11(23-13)12(22)20-21-7-1-6-19-21/h1-8H,(H,20,22). The highest BCUT2D eigenvalue weighted by molar-refractivity contribution is 7.17. The predicted molar refractivity (Wildman–Crippen MR) is 78.5 cm³/mol. The molecule has 3 aromatic rings. The van der Waals surface area contributed by atoms with Crippen molar-refractivity contribution >= 4 is 17.2 Å². The second kappa shape index (κ2) is 5.84. The third kappa shape index (κ3) is 3.39. The van der Waals surface area contributed by atoms with Gasteiger partial charge in [0.15, 0.2) is 0 Å². The van der Waals surface area contributed by atoms with Gasteiger partial charge >= 0.3 is 6.18 Å². The highest BCUT2D eigenvalue weighted by Crippen LogP contribution is 2.32. The third-order valence-corrected chi connectivity index (χ3v) is 3.95. The van der Waals surface area contributed by atoms with Crippen molar-refractivity contribution in [2.45, 2.75) is 6.18 Å². The van der Waals surface area contributed by atoms with E-state index in [1.807, 2.05) is 0 Å². The van der Waals surface area contributed by atoms with Crippen molar-refractivity contribution < 1.29 is 18.0 Å². The molecular formula is C14H9F3N4OS. The molecule has 0 radical (unpaired) electrons. The van der Waals surface area contributed by atoms with Crippen LogP contribution in [0, 0.1) is 0 Å². The highest BCUT2D eigenvalue weighted by atomic mass is 32.1. The number of alkyl halides is 3. The lowest BCUT2D eigenvalue weighted by Gasteiger charge is -2.06. The third-order valence-electron chi connectivity index (χ3n) is 2.91. The van der Waals surface area contributed by atoms with Gasteiger partial charge in [0.05, 0.1) is 18.0 Å². The van der Waals surface area contributed by atoms with Crippen LogP contribution in [0.5, 0.6) is 0 Å². The van der Waals surface area contributed by atoms with Gasteiger partial charge in [0.25, 0.3) is 5.91 Å². The Morgan fingerprint density at radius 3 is 2.57 bits per heavy atom. The van der Waals surface area contributed by atoms with E-state index >= 15 is 0 Å². The van der Waals surface area contributed by atoms with Crippen molar-refractivity contribution in [1.29, 1.82) is 0 Å². The lowest BCUT2D eigenvalue weighted by molar-refractivity contribution is -0.137. The zero-order valence-electron chi connectivity index (χ0n) is 11.4. The molecule has 1 aromatic carbocycles. The van der Waals surface area contributed by atoms with Gasteiger partial charge < -0.3 is 0 Å². The molecule has 3 rings (SSSR count). The summed E-state index contributed by atoms with van der Waals surface area (Å²) in [6, 6.07) is 6.29. The number of hydrogen-bond donors (Lipinski definition) is 1. The fraction of sp³-hybridized carbons (Fsp3) is 0.0714. The van der Waals surface area contributed by atoms with Crippen LogP contribution in [0.4, 0.5) is 13.2 Å². The number of halogens is 3. The van der Waals surface area contributed by atoms with Crippen LogP contribution < -0.4 is 5.43 Å². The molecule has 2 heterocycles. The summed E-state index contributed by atoms with van der Waals surface area (Å²) in [5.74, 6) is -0.399. The molecule has 0 aliphatic rings. The molecule has 118 valence electrons. The number of carbonyl (C=O) groups excluding carboxylic acids is 1. The minimum atomic E-state index is -4.38. The van der Waals surface area contributed by atoms with Gasteiger partial charge in [-0.1, -0.05) is 12.1 Å². The summed E-state index contributed by atoms with van der Waals surface area (Å²) in [5.41, 5.74) is 2.31. The number of thiazole rings is 1. The number of benzene rings is 1. The van der Waals surface area contributed by atoms with Crippen LogP contribution in [0.15, 0.2) is 48.9 Å². The fourth-order valence-electron chi connectivity index (χ4n) is 1.81. The van der Waals surface area contributed by atoms with Crippen LogP contribution in [0.3, 0.4) is 0 Å². The molecule has 0 atom stereocenters. The summed E-state index contributed by atoms with van der Waals surface area (Å²) >= 11 is 1.08. The predicted octanol–water partition coefficient (Wildman–Crippen LogP) is 3.41. The first-order valence-corrected chi connectivity index (χ1v) is 7.19. The molecule has 0 aliphatic carbocycles. The van der Waals surface area contributed by atoms with E-state index in [0.29, 0.717) is 15.4 Å². The summed E-state index contributed by atoms with van der Waals surface area (Å²) in [6.45, 7) is 0. The quantitative estimate of drug-likeness (QED) is 0.796. The molecule has 9 heteroatoms. The van der Waals surface area contributed by atoms with Crippen LogP contribution in [0.1, 0.15) is 15.2 Å². The normalized spacial score (nSPS) is 11.4. The van der Waals surface area contributed by atoms with Crippen LogP contribution in [-0.2, 0) is 6.18 Å². The number of amides is 1. The van der Waals surface area contributed by atoms with Crippen molar-refractivity contribution in [3.05, 3.63) is 59.4 Å². The maximum Gasteiger partial charge on any atom is 0.416 e. The van der Waals surface area contributed by atoms with Crippen molar-refractivity contribution in [2.75, 3.05) is 5.43 Å². The number of hydrogen-bond acceptors (Lipinski definition) is 4. The molecule has 0 spiro atoms. The average Bonchev–Trinajstić information content (AvgIpc) is 3.17. The number of rotatable bonds is 3. The van der Waals surface area contributed by atoms with Crippen molar-refractivity contribution in [1.82, 2.24) is 14.9 Å². The lowest BCUT2D eigenvalue weighted by Crippen LogP contribution is -2.22. The first kappa shape index (κ1) is 15.2.